The van der Waals surface area contributed by atoms with Gasteiger partial charge in [-0.05, 0) is 103 Å². The van der Waals surface area contributed by atoms with Gasteiger partial charge in [-0.3, -0.25) is 14.4 Å². The van der Waals surface area contributed by atoms with E-state index in [1.54, 1.807) is 0 Å². The Morgan fingerprint density at radius 1 is 0.296 bits per heavy atom. The molecule has 0 amide bonds. The van der Waals surface area contributed by atoms with E-state index in [1.807, 2.05) is 0 Å². The predicted molar refractivity (Wildman–Crippen MR) is 307 cm³/mol. The van der Waals surface area contributed by atoms with Crippen molar-refractivity contribution in [2.24, 2.45) is 0 Å². The molecule has 0 fully saturated rings. The molecule has 0 spiro atoms. The highest BCUT2D eigenvalue weighted by Gasteiger charge is 2.19. The standard InChI is InChI=1S/C65H110O6/c1-4-7-10-13-16-19-22-25-28-30-32-34-37-40-43-46-49-52-55-58-64(67)70-61-62(60-69-63(66)57-54-51-48-45-42-39-36-27-24-21-18-15-12-9-6-3)71-65(68)59-56-53-50-47-44-41-38-35-33-31-29-26-23-20-17-14-11-8-5-2/h9,12,16,18-19,21,25,27-28,32,34,36,40,42-43,45,62H,4-8,10-11,13-15,17,20,22-24,26,29-31,33,35,37-39,41,44,46-61H2,1-3H3/b12-9-,19-16-,21-18-,28-25-,34-32-,36-27-,43-40-,45-42-/t62-/m1/s1. The second-order valence-electron chi connectivity index (χ2n) is 19.5. The van der Waals surface area contributed by atoms with E-state index in [0.29, 0.717) is 19.3 Å². The molecule has 6 heteroatoms. The lowest BCUT2D eigenvalue weighted by molar-refractivity contribution is -0.167. The first-order valence-corrected chi connectivity index (χ1v) is 29.7. The molecular weight excluding hydrogens is 877 g/mol. The van der Waals surface area contributed by atoms with Crippen molar-refractivity contribution >= 4 is 17.9 Å². The van der Waals surface area contributed by atoms with Crippen LogP contribution >= 0.6 is 0 Å². The van der Waals surface area contributed by atoms with Crippen LogP contribution in [0, 0.1) is 0 Å². The number of ether oxygens (including phenoxy) is 3. The van der Waals surface area contributed by atoms with E-state index in [9.17, 15) is 14.4 Å². The quantitative estimate of drug-likeness (QED) is 0.0261. The fourth-order valence-electron chi connectivity index (χ4n) is 8.12. The van der Waals surface area contributed by atoms with Crippen LogP contribution in [-0.4, -0.2) is 37.2 Å². The molecule has 0 radical (unpaired) electrons. The zero-order valence-electron chi connectivity index (χ0n) is 46.5. The Kier molecular flexibility index (Phi) is 55.9. The number of hydrogen-bond acceptors (Lipinski definition) is 6. The van der Waals surface area contributed by atoms with Gasteiger partial charge in [0, 0.05) is 19.3 Å². The average Bonchev–Trinajstić information content (AvgIpc) is 3.37. The number of unbranched alkanes of at least 4 members (excludes halogenated alkanes) is 26. The fourth-order valence-corrected chi connectivity index (χ4v) is 8.12. The van der Waals surface area contributed by atoms with Gasteiger partial charge in [0.15, 0.2) is 6.10 Å². The van der Waals surface area contributed by atoms with Gasteiger partial charge in [-0.2, -0.15) is 0 Å². The van der Waals surface area contributed by atoms with Crippen molar-refractivity contribution in [2.75, 3.05) is 13.2 Å². The molecule has 6 nitrogen and oxygen atoms in total. The second kappa shape index (κ2) is 58.9. The average molecular weight is 988 g/mol. The Labute approximate surface area is 438 Å². The van der Waals surface area contributed by atoms with E-state index in [4.69, 9.17) is 14.2 Å². The molecule has 0 bridgehead atoms. The van der Waals surface area contributed by atoms with E-state index in [0.717, 1.165) is 109 Å². The molecule has 0 saturated heterocycles. The molecule has 71 heavy (non-hydrogen) atoms. The number of carbonyl (C=O) groups is 3. The third-order valence-electron chi connectivity index (χ3n) is 12.6. The summed E-state index contributed by atoms with van der Waals surface area (Å²) >= 11 is 0. The Bertz CT molecular complexity index is 1410. The summed E-state index contributed by atoms with van der Waals surface area (Å²) in [7, 11) is 0. The molecule has 0 rings (SSSR count). The lowest BCUT2D eigenvalue weighted by Crippen LogP contribution is -2.30. The zero-order valence-corrected chi connectivity index (χ0v) is 46.5. The third-order valence-corrected chi connectivity index (χ3v) is 12.6. The van der Waals surface area contributed by atoms with Crippen LogP contribution in [0.5, 0.6) is 0 Å². The highest BCUT2D eigenvalue weighted by Crippen LogP contribution is 2.16. The fraction of sp³-hybridized carbons (Fsp3) is 0.708. The predicted octanol–water partition coefficient (Wildman–Crippen LogP) is 20.1. The molecule has 0 aliphatic carbocycles. The summed E-state index contributed by atoms with van der Waals surface area (Å²) in [5.41, 5.74) is 0. The van der Waals surface area contributed by atoms with Crippen molar-refractivity contribution in [3.05, 3.63) is 97.2 Å². The molecule has 0 aliphatic rings. The molecule has 0 aromatic heterocycles. The van der Waals surface area contributed by atoms with Gasteiger partial charge >= 0.3 is 17.9 Å². The van der Waals surface area contributed by atoms with Crippen molar-refractivity contribution in [3.63, 3.8) is 0 Å². The monoisotopic (exact) mass is 987 g/mol. The number of hydrogen-bond donors (Lipinski definition) is 0. The van der Waals surface area contributed by atoms with Crippen LogP contribution in [-0.2, 0) is 28.6 Å². The molecule has 0 unspecified atom stereocenters. The van der Waals surface area contributed by atoms with Crippen LogP contribution in [0.15, 0.2) is 97.2 Å². The van der Waals surface area contributed by atoms with Gasteiger partial charge < -0.3 is 14.2 Å². The molecule has 0 N–H and O–H groups in total. The summed E-state index contributed by atoms with van der Waals surface area (Å²) < 4.78 is 16.8. The lowest BCUT2D eigenvalue weighted by atomic mass is 10.0. The maximum absolute atomic E-state index is 12.9. The second-order valence-corrected chi connectivity index (χ2v) is 19.5. The van der Waals surface area contributed by atoms with Crippen LogP contribution in [0.2, 0.25) is 0 Å². The molecule has 406 valence electrons. The third kappa shape index (κ3) is 57.1. The molecule has 0 heterocycles. The molecule has 0 aromatic carbocycles. The molecule has 0 aromatic rings. The van der Waals surface area contributed by atoms with Gasteiger partial charge in [-0.15, -0.1) is 0 Å². The lowest BCUT2D eigenvalue weighted by Gasteiger charge is -2.18. The van der Waals surface area contributed by atoms with Crippen molar-refractivity contribution in [1.82, 2.24) is 0 Å². The van der Waals surface area contributed by atoms with Crippen LogP contribution < -0.4 is 0 Å². The number of rotatable bonds is 53. The van der Waals surface area contributed by atoms with E-state index >= 15 is 0 Å². The molecular formula is C65H110O6. The van der Waals surface area contributed by atoms with Crippen molar-refractivity contribution < 1.29 is 28.6 Å². The SMILES string of the molecule is CC/C=C\C/C=C\C/C=C\C/C=C\CCCCC(=O)OC[C@H](COC(=O)CCCCC/C=C\C/C=C\C/C=C\C/C=C\CCCCC)OC(=O)CCCCCCCCCCCCCCCCCCCCC. The topological polar surface area (TPSA) is 78.9 Å². The van der Waals surface area contributed by atoms with Crippen molar-refractivity contribution in [2.45, 2.75) is 284 Å². The summed E-state index contributed by atoms with van der Waals surface area (Å²) in [6, 6.07) is 0. The molecule has 0 saturated carbocycles. The van der Waals surface area contributed by atoms with E-state index in [1.165, 1.54) is 128 Å². The highest BCUT2D eigenvalue weighted by atomic mass is 16.6. The maximum atomic E-state index is 12.9. The normalized spacial score (nSPS) is 12.8. The summed E-state index contributed by atoms with van der Waals surface area (Å²) in [5.74, 6) is -0.968. The number of allylic oxidation sites excluding steroid dienone is 16. The van der Waals surface area contributed by atoms with Gasteiger partial charge in [0.2, 0.25) is 0 Å². The smallest absolute Gasteiger partial charge is 0.306 e. The summed E-state index contributed by atoms with van der Waals surface area (Å²) in [4.78, 5) is 38.2. The van der Waals surface area contributed by atoms with E-state index < -0.39 is 6.10 Å². The largest absolute Gasteiger partial charge is 0.462 e. The number of carbonyl (C=O) groups excluding carboxylic acids is 3. The molecule has 1 atom stereocenters. The van der Waals surface area contributed by atoms with Gasteiger partial charge in [0.1, 0.15) is 13.2 Å². The van der Waals surface area contributed by atoms with Gasteiger partial charge in [-0.1, -0.05) is 253 Å². The first-order valence-electron chi connectivity index (χ1n) is 29.7. The van der Waals surface area contributed by atoms with Crippen molar-refractivity contribution in [1.29, 1.82) is 0 Å². The first kappa shape index (κ1) is 67.3. The van der Waals surface area contributed by atoms with Crippen LogP contribution in [0.4, 0.5) is 0 Å². The molecule has 0 aliphatic heterocycles. The van der Waals surface area contributed by atoms with Crippen molar-refractivity contribution in [3.8, 4) is 0 Å². The first-order chi connectivity index (χ1) is 35.0. The number of esters is 3. The van der Waals surface area contributed by atoms with E-state index in [2.05, 4.69) is 118 Å². The Morgan fingerprint density at radius 2 is 0.549 bits per heavy atom. The Balaban J connectivity index is 4.47. The Hall–Kier alpha value is -3.67. The maximum Gasteiger partial charge on any atom is 0.306 e. The van der Waals surface area contributed by atoms with Crippen LogP contribution in [0.1, 0.15) is 278 Å². The summed E-state index contributed by atoms with van der Waals surface area (Å²) in [5, 5.41) is 0. The minimum atomic E-state index is -0.808. The zero-order chi connectivity index (χ0) is 51.4. The minimum absolute atomic E-state index is 0.106. The van der Waals surface area contributed by atoms with Crippen LogP contribution in [0.25, 0.3) is 0 Å². The Morgan fingerprint density at radius 3 is 0.915 bits per heavy atom. The minimum Gasteiger partial charge on any atom is -0.462 e. The highest BCUT2D eigenvalue weighted by molar-refractivity contribution is 5.71. The summed E-state index contributed by atoms with van der Waals surface area (Å²) in [6.45, 7) is 6.45. The van der Waals surface area contributed by atoms with Crippen LogP contribution in [0.3, 0.4) is 0 Å². The van der Waals surface area contributed by atoms with Gasteiger partial charge in [0.05, 0.1) is 0 Å². The van der Waals surface area contributed by atoms with E-state index in [-0.39, 0.29) is 31.1 Å². The summed E-state index contributed by atoms with van der Waals surface area (Å²) in [6.07, 6.45) is 78.3. The van der Waals surface area contributed by atoms with Gasteiger partial charge in [-0.25, -0.2) is 0 Å². The van der Waals surface area contributed by atoms with Gasteiger partial charge in [0.25, 0.3) is 0 Å².